The summed E-state index contributed by atoms with van der Waals surface area (Å²) in [6, 6.07) is 19.6. The second kappa shape index (κ2) is 9.18. The number of carbonyl (C=O) groups excluding carboxylic acids is 2. The predicted molar refractivity (Wildman–Crippen MR) is 105 cm³/mol. The number of rotatable bonds is 7. The van der Waals surface area contributed by atoms with Gasteiger partial charge in [-0.05, 0) is 42.0 Å². The molecule has 0 atom stereocenters. The minimum atomic E-state index is -0.461. The molecule has 3 aromatic rings. The molecule has 0 bridgehead atoms. The lowest BCUT2D eigenvalue weighted by Gasteiger charge is -2.03. The van der Waals surface area contributed by atoms with E-state index in [0.717, 1.165) is 11.3 Å². The van der Waals surface area contributed by atoms with E-state index in [-0.39, 0.29) is 18.3 Å². The van der Waals surface area contributed by atoms with Crippen LogP contribution in [0.5, 0.6) is 5.75 Å². The number of para-hydroxylation sites is 1. The molecule has 7 nitrogen and oxygen atoms in total. The number of hydrazone groups is 1. The first kappa shape index (κ1) is 18.9. The highest BCUT2D eigenvalue weighted by Gasteiger charge is 2.10. The fourth-order valence-electron chi connectivity index (χ4n) is 2.33. The van der Waals surface area contributed by atoms with E-state index in [0.29, 0.717) is 11.4 Å². The summed E-state index contributed by atoms with van der Waals surface area (Å²) >= 11 is 0. The maximum atomic E-state index is 12.1. The van der Waals surface area contributed by atoms with E-state index in [1.807, 2.05) is 30.3 Å². The average Bonchev–Trinajstić information content (AvgIpc) is 3.17. The van der Waals surface area contributed by atoms with Gasteiger partial charge in [-0.25, -0.2) is 5.43 Å². The van der Waals surface area contributed by atoms with Crippen molar-refractivity contribution in [2.24, 2.45) is 5.10 Å². The molecule has 7 heteroatoms. The maximum Gasteiger partial charge on any atom is 0.307 e. The van der Waals surface area contributed by atoms with Gasteiger partial charge in [0.2, 0.25) is 5.91 Å². The van der Waals surface area contributed by atoms with E-state index < -0.39 is 5.91 Å². The van der Waals surface area contributed by atoms with Crippen LogP contribution in [0.25, 0.3) is 0 Å². The van der Waals surface area contributed by atoms with Crippen molar-refractivity contribution in [1.82, 2.24) is 5.43 Å². The molecule has 0 radical (unpaired) electrons. The number of hydrogen-bond donors (Lipinski definition) is 2. The first-order valence-corrected chi connectivity index (χ1v) is 8.58. The molecular weight excluding hydrogens is 358 g/mol. The van der Waals surface area contributed by atoms with Gasteiger partial charge >= 0.3 is 5.91 Å². The molecule has 2 aromatic carbocycles. The van der Waals surface area contributed by atoms with Gasteiger partial charge in [-0.15, -0.1) is 0 Å². The summed E-state index contributed by atoms with van der Waals surface area (Å²) in [6.45, 7) is 1.67. The second-order valence-electron chi connectivity index (χ2n) is 5.87. The van der Waals surface area contributed by atoms with Crippen molar-refractivity contribution in [2.45, 2.75) is 13.5 Å². The van der Waals surface area contributed by atoms with E-state index >= 15 is 0 Å². The number of benzene rings is 2. The van der Waals surface area contributed by atoms with Crippen LogP contribution < -0.4 is 15.5 Å². The van der Waals surface area contributed by atoms with Crippen LogP contribution in [0.15, 0.2) is 76.2 Å². The Labute approximate surface area is 162 Å². The zero-order valence-electron chi connectivity index (χ0n) is 15.2. The fraction of sp³-hybridized carbons (Fsp3) is 0.0952. The quantitative estimate of drug-likeness (QED) is 0.486. The number of carbonyl (C=O) groups is 2. The first-order valence-electron chi connectivity index (χ1n) is 8.58. The van der Waals surface area contributed by atoms with Crippen LogP contribution in [0, 0.1) is 0 Å². The molecule has 0 fully saturated rings. The molecule has 142 valence electrons. The van der Waals surface area contributed by atoms with Crippen LogP contribution >= 0.6 is 0 Å². The van der Waals surface area contributed by atoms with Gasteiger partial charge in [0, 0.05) is 12.6 Å². The molecule has 1 heterocycles. The largest absolute Gasteiger partial charge is 0.486 e. The third kappa shape index (κ3) is 5.57. The number of nitrogens with one attached hydrogen (secondary N) is 2. The zero-order valence-corrected chi connectivity index (χ0v) is 15.2. The molecule has 0 aliphatic heterocycles. The minimum Gasteiger partial charge on any atom is -0.486 e. The third-order valence-corrected chi connectivity index (χ3v) is 3.62. The highest BCUT2D eigenvalue weighted by molar-refractivity contribution is 5.92. The molecule has 0 saturated heterocycles. The van der Waals surface area contributed by atoms with Gasteiger partial charge in [0.1, 0.15) is 18.1 Å². The summed E-state index contributed by atoms with van der Waals surface area (Å²) < 4.78 is 11.0. The molecule has 2 amide bonds. The van der Waals surface area contributed by atoms with E-state index in [4.69, 9.17) is 9.15 Å². The van der Waals surface area contributed by atoms with E-state index in [1.165, 1.54) is 13.1 Å². The Kier molecular flexibility index (Phi) is 6.20. The zero-order chi connectivity index (χ0) is 19.8. The van der Waals surface area contributed by atoms with Gasteiger partial charge in [0.05, 0.1) is 6.21 Å². The Bertz CT molecular complexity index is 963. The number of furan rings is 1. The summed E-state index contributed by atoms with van der Waals surface area (Å²) in [5.74, 6) is 0.799. The lowest BCUT2D eigenvalue weighted by atomic mass is 10.2. The predicted octanol–water partition coefficient (Wildman–Crippen LogP) is 3.58. The van der Waals surface area contributed by atoms with Crippen molar-refractivity contribution < 1.29 is 18.7 Å². The van der Waals surface area contributed by atoms with Crippen molar-refractivity contribution in [2.75, 3.05) is 5.32 Å². The van der Waals surface area contributed by atoms with Crippen LogP contribution in [0.4, 0.5) is 5.69 Å². The molecule has 1 aromatic heterocycles. The summed E-state index contributed by atoms with van der Waals surface area (Å²) in [5.41, 5.74) is 3.87. The Morgan fingerprint density at radius 3 is 2.50 bits per heavy atom. The molecule has 0 spiro atoms. The Hall–Kier alpha value is -3.87. The van der Waals surface area contributed by atoms with Crippen LogP contribution in [-0.2, 0) is 11.4 Å². The smallest absolute Gasteiger partial charge is 0.307 e. The topological polar surface area (TPSA) is 92.9 Å². The second-order valence-corrected chi connectivity index (χ2v) is 5.87. The monoisotopic (exact) mass is 377 g/mol. The van der Waals surface area contributed by atoms with E-state index in [9.17, 15) is 9.59 Å². The van der Waals surface area contributed by atoms with Gasteiger partial charge in [-0.1, -0.05) is 30.3 Å². The average molecular weight is 377 g/mol. The van der Waals surface area contributed by atoms with Crippen molar-refractivity contribution in [3.63, 3.8) is 0 Å². The van der Waals surface area contributed by atoms with Crippen molar-refractivity contribution >= 4 is 23.7 Å². The van der Waals surface area contributed by atoms with Crippen molar-refractivity contribution in [3.05, 3.63) is 83.8 Å². The summed E-state index contributed by atoms with van der Waals surface area (Å²) in [4.78, 5) is 23.1. The highest BCUT2D eigenvalue weighted by Crippen LogP contribution is 2.14. The molecule has 0 saturated carbocycles. The fourth-order valence-corrected chi connectivity index (χ4v) is 2.33. The summed E-state index contributed by atoms with van der Waals surface area (Å²) in [5, 5.41) is 6.58. The number of anilines is 1. The number of hydrogen-bond acceptors (Lipinski definition) is 5. The van der Waals surface area contributed by atoms with Crippen LogP contribution in [0.1, 0.15) is 28.8 Å². The van der Waals surface area contributed by atoms with E-state index in [2.05, 4.69) is 15.8 Å². The number of amides is 2. The lowest BCUT2D eigenvalue weighted by Crippen LogP contribution is -2.16. The van der Waals surface area contributed by atoms with E-state index in [1.54, 1.807) is 36.4 Å². The lowest BCUT2D eigenvalue weighted by molar-refractivity contribution is -0.114. The van der Waals surface area contributed by atoms with Crippen LogP contribution in [0.3, 0.4) is 0 Å². The van der Waals surface area contributed by atoms with Crippen molar-refractivity contribution in [1.29, 1.82) is 0 Å². The third-order valence-electron chi connectivity index (χ3n) is 3.62. The Balaban J connectivity index is 1.50. The molecule has 3 rings (SSSR count). The molecular formula is C21H19N3O4. The van der Waals surface area contributed by atoms with Crippen LogP contribution in [-0.4, -0.2) is 18.0 Å². The molecule has 28 heavy (non-hydrogen) atoms. The highest BCUT2D eigenvalue weighted by atomic mass is 16.5. The molecule has 0 aliphatic carbocycles. The molecule has 2 N–H and O–H groups in total. The normalized spacial score (nSPS) is 10.6. The van der Waals surface area contributed by atoms with Gasteiger partial charge in [-0.2, -0.15) is 5.10 Å². The molecule has 0 aliphatic rings. The SMILES string of the molecule is CC(=O)Nc1ccc(/C=N\NC(=O)c2ccc(COc3ccccc3)o2)cc1. The maximum absolute atomic E-state index is 12.1. The Morgan fingerprint density at radius 2 is 1.79 bits per heavy atom. The standard InChI is InChI=1S/C21H19N3O4/c1-15(25)23-17-9-7-16(8-10-17)13-22-24-21(26)20-12-11-19(28-20)14-27-18-5-3-2-4-6-18/h2-13H,14H2,1H3,(H,23,25)(H,24,26)/b22-13-. The summed E-state index contributed by atoms with van der Waals surface area (Å²) in [6.07, 6.45) is 1.50. The van der Waals surface area contributed by atoms with Gasteiger partial charge in [0.15, 0.2) is 5.76 Å². The first-order chi connectivity index (χ1) is 13.6. The van der Waals surface area contributed by atoms with Gasteiger partial charge in [-0.3, -0.25) is 9.59 Å². The van der Waals surface area contributed by atoms with Gasteiger partial charge in [0.25, 0.3) is 0 Å². The van der Waals surface area contributed by atoms with Crippen molar-refractivity contribution in [3.8, 4) is 5.75 Å². The number of nitrogens with zero attached hydrogens (tertiary/aromatic N) is 1. The molecule has 0 unspecified atom stereocenters. The van der Waals surface area contributed by atoms with Crippen LogP contribution in [0.2, 0.25) is 0 Å². The Morgan fingerprint density at radius 1 is 1.04 bits per heavy atom. The minimum absolute atomic E-state index is 0.138. The number of ether oxygens (including phenoxy) is 1. The summed E-state index contributed by atoms with van der Waals surface area (Å²) in [7, 11) is 0. The van der Waals surface area contributed by atoms with Gasteiger partial charge < -0.3 is 14.5 Å².